The molecule has 0 heterocycles. The van der Waals surface area contributed by atoms with Crippen LogP contribution in [0.15, 0.2) is 78.1 Å². The fourth-order valence-electron chi connectivity index (χ4n) is 5.18. The summed E-state index contributed by atoms with van der Waals surface area (Å²) in [5.41, 5.74) is 2.46. The molecule has 7 heteroatoms. The van der Waals surface area contributed by atoms with Crippen molar-refractivity contribution in [1.82, 2.24) is 0 Å². The molecule has 1 aliphatic rings. The maximum atomic E-state index is 12.4. The van der Waals surface area contributed by atoms with Crippen molar-refractivity contribution in [2.24, 2.45) is 17.8 Å². The zero-order chi connectivity index (χ0) is 30.8. The lowest BCUT2D eigenvalue weighted by molar-refractivity contribution is -0.116. The second kappa shape index (κ2) is 15.2. The average Bonchev–Trinajstić information content (AvgIpc) is 2.93. The van der Waals surface area contributed by atoms with E-state index in [9.17, 15) is 24.9 Å². The molecule has 42 heavy (non-hydrogen) atoms. The summed E-state index contributed by atoms with van der Waals surface area (Å²) in [6, 6.07) is 12.1. The van der Waals surface area contributed by atoms with Gasteiger partial charge < -0.3 is 24.8 Å². The van der Waals surface area contributed by atoms with Crippen molar-refractivity contribution >= 4 is 23.7 Å². The number of methoxy groups -OCH3 is 1. The molecule has 0 bridgehead atoms. The smallest absolute Gasteiger partial charge is 0.182 e. The Hall–Kier alpha value is -4.10. The molecule has 224 valence electrons. The van der Waals surface area contributed by atoms with Crippen molar-refractivity contribution in [3.63, 3.8) is 0 Å². The minimum absolute atomic E-state index is 0.0138. The number of aromatic hydroxyl groups is 1. The lowest BCUT2D eigenvalue weighted by Crippen LogP contribution is -2.43. The molecule has 1 fully saturated rings. The molecule has 0 aromatic heterocycles. The van der Waals surface area contributed by atoms with E-state index in [1.54, 1.807) is 30.4 Å². The van der Waals surface area contributed by atoms with Crippen molar-refractivity contribution in [1.29, 1.82) is 0 Å². The van der Waals surface area contributed by atoms with Crippen LogP contribution in [0, 0.1) is 17.8 Å². The van der Waals surface area contributed by atoms with Gasteiger partial charge in [0.15, 0.2) is 23.1 Å². The maximum absolute atomic E-state index is 12.4. The Morgan fingerprint density at radius 3 is 2.33 bits per heavy atom. The zero-order valence-corrected chi connectivity index (χ0v) is 25.0. The number of ether oxygens (including phenoxy) is 2. The van der Waals surface area contributed by atoms with E-state index in [1.165, 1.54) is 25.3 Å². The van der Waals surface area contributed by atoms with Crippen LogP contribution < -0.4 is 9.47 Å². The normalized spacial score (nSPS) is 21.7. The van der Waals surface area contributed by atoms with Gasteiger partial charge in [-0.25, -0.2) is 0 Å². The van der Waals surface area contributed by atoms with Crippen LogP contribution in [0.4, 0.5) is 0 Å². The second-order valence-electron chi connectivity index (χ2n) is 11.3. The van der Waals surface area contributed by atoms with E-state index >= 15 is 0 Å². The summed E-state index contributed by atoms with van der Waals surface area (Å²) < 4.78 is 11.5. The highest BCUT2D eigenvalue weighted by atomic mass is 16.5. The van der Waals surface area contributed by atoms with Gasteiger partial charge in [-0.05, 0) is 92.1 Å². The second-order valence-corrected chi connectivity index (χ2v) is 11.3. The molecular weight excluding hydrogens is 532 g/mol. The number of rotatable bonds is 12. The molecule has 5 atom stereocenters. The van der Waals surface area contributed by atoms with Gasteiger partial charge >= 0.3 is 0 Å². The first-order chi connectivity index (χ1) is 19.9. The molecule has 3 N–H and O–H groups in total. The van der Waals surface area contributed by atoms with E-state index < -0.39 is 6.10 Å². The molecule has 1 aliphatic carbocycles. The third kappa shape index (κ3) is 9.77. The lowest BCUT2D eigenvalue weighted by atomic mass is 9.72. The van der Waals surface area contributed by atoms with Crippen LogP contribution >= 0.6 is 0 Å². The Balaban J connectivity index is 1.61. The summed E-state index contributed by atoms with van der Waals surface area (Å²) in [6.07, 6.45) is 9.98. The van der Waals surface area contributed by atoms with E-state index in [1.807, 2.05) is 45.0 Å². The Morgan fingerprint density at radius 1 is 1.00 bits per heavy atom. The predicted octanol–water partition coefficient (Wildman–Crippen LogP) is 6.85. The molecular formula is C35H42O7. The number of carbonyl (C=O) groups excluding carboxylic acids is 2. The first-order valence-electron chi connectivity index (χ1n) is 14.3. The number of aliphatic hydroxyl groups is 2. The number of hydrogen-bond acceptors (Lipinski definition) is 7. The van der Waals surface area contributed by atoms with Gasteiger partial charge in [0.2, 0.25) is 0 Å². The summed E-state index contributed by atoms with van der Waals surface area (Å²) in [4.78, 5) is 24.7. The van der Waals surface area contributed by atoms with Crippen molar-refractivity contribution in [3.8, 4) is 17.2 Å². The number of phenols is 1. The number of aliphatic hydroxyl groups excluding tert-OH is 2. The van der Waals surface area contributed by atoms with Gasteiger partial charge in [0.1, 0.15) is 17.6 Å². The van der Waals surface area contributed by atoms with E-state index in [0.29, 0.717) is 36.3 Å². The van der Waals surface area contributed by atoms with Crippen molar-refractivity contribution < 1.29 is 34.4 Å². The Morgan fingerprint density at radius 2 is 1.67 bits per heavy atom. The van der Waals surface area contributed by atoms with Crippen LogP contribution in [0.3, 0.4) is 0 Å². The third-order valence-electron chi connectivity index (χ3n) is 7.50. The number of ketones is 2. The molecule has 1 unspecified atom stereocenters. The van der Waals surface area contributed by atoms with Gasteiger partial charge in [-0.3, -0.25) is 9.59 Å². The fourth-order valence-corrected chi connectivity index (χ4v) is 5.18. The van der Waals surface area contributed by atoms with Crippen LogP contribution in [0.1, 0.15) is 58.1 Å². The van der Waals surface area contributed by atoms with E-state index in [2.05, 4.69) is 6.92 Å². The molecule has 0 amide bonds. The molecule has 1 saturated carbocycles. The minimum atomic E-state index is -0.416. The quantitative estimate of drug-likeness (QED) is 0.144. The highest BCUT2D eigenvalue weighted by molar-refractivity contribution is 6.02. The van der Waals surface area contributed by atoms with Crippen LogP contribution in [0.5, 0.6) is 17.2 Å². The van der Waals surface area contributed by atoms with Crippen LogP contribution in [0.2, 0.25) is 0 Å². The maximum Gasteiger partial charge on any atom is 0.182 e. The van der Waals surface area contributed by atoms with E-state index in [4.69, 9.17) is 9.47 Å². The minimum Gasteiger partial charge on any atom is -0.508 e. The molecule has 2 aromatic carbocycles. The summed E-state index contributed by atoms with van der Waals surface area (Å²) in [5.74, 6) is 0.732. The predicted molar refractivity (Wildman–Crippen MR) is 165 cm³/mol. The molecule has 0 saturated heterocycles. The summed E-state index contributed by atoms with van der Waals surface area (Å²) in [5, 5.41) is 30.3. The van der Waals surface area contributed by atoms with Crippen LogP contribution in [-0.2, 0) is 9.59 Å². The number of phenolic OH excluding ortho intramolecular Hbond substituents is 1. The molecule has 7 nitrogen and oxygen atoms in total. The van der Waals surface area contributed by atoms with Gasteiger partial charge in [0.05, 0.1) is 13.2 Å². The summed E-state index contributed by atoms with van der Waals surface area (Å²) in [7, 11) is 1.45. The molecule has 3 rings (SSSR count). The van der Waals surface area contributed by atoms with Gasteiger partial charge in [-0.1, -0.05) is 49.8 Å². The topological polar surface area (TPSA) is 113 Å². The molecule has 2 aromatic rings. The number of allylic oxidation sites excluding steroid dienone is 5. The number of hydrogen-bond donors (Lipinski definition) is 3. The molecule has 0 aliphatic heterocycles. The highest BCUT2D eigenvalue weighted by Crippen LogP contribution is 2.38. The van der Waals surface area contributed by atoms with Gasteiger partial charge in [0.25, 0.3) is 0 Å². The first-order valence-corrected chi connectivity index (χ1v) is 14.3. The van der Waals surface area contributed by atoms with Crippen molar-refractivity contribution in [2.75, 3.05) is 7.11 Å². The van der Waals surface area contributed by atoms with Gasteiger partial charge in [0, 0.05) is 18.4 Å². The lowest BCUT2D eigenvalue weighted by Gasteiger charge is -2.40. The summed E-state index contributed by atoms with van der Waals surface area (Å²) in [6.45, 7) is 7.89. The average molecular weight is 575 g/mol. The number of benzene rings is 2. The summed E-state index contributed by atoms with van der Waals surface area (Å²) >= 11 is 0. The standard InChI is InChI=1S/C35H42O7/c1-22(2)16-29(38)17-23(3)31-21-33(40)24(4)18-34(31)42-30-13-8-25(9-14-30)6-11-27(36)20-28(37)12-7-26-10-15-32(39)35(19-26)41-5/h6-16,19-20,23-24,31,33-34,37,39-40H,17-18,21H2,1-5H3/b11-6+,12-7+,28-20-/t23-,24?,31+,33-,34-/m0/s1. The van der Waals surface area contributed by atoms with Crippen LogP contribution in [-0.4, -0.2) is 46.2 Å². The fraction of sp³-hybridized carbons (Fsp3) is 0.371. The van der Waals surface area contributed by atoms with Crippen molar-refractivity contribution in [2.45, 2.75) is 59.2 Å². The largest absolute Gasteiger partial charge is 0.508 e. The molecule has 0 radical (unpaired) electrons. The first kappa shape index (κ1) is 32.4. The third-order valence-corrected chi connectivity index (χ3v) is 7.50. The Labute approximate surface area is 248 Å². The number of carbonyl (C=O) groups is 2. The highest BCUT2D eigenvalue weighted by Gasteiger charge is 2.38. The zero-order valence-electron chi connectivity index (χ0n) is 25.0. The van der Waals surface area contributed by atoms with Gasteiger partial charge in [-0.2, -0.15) is 0 Å². The SMILES string of the molecule is COc1cc(/C=C/C(O)=C/C(=O)/C=C/c2ccc(O[C@H]3CC(C)[C@@H](O)C[C@@H]3[C@@H](C)CC(=O)C=C(C)C)cc2)ccc1O. The van der Waals surface area contributed by atoms with E-state index in [0.717, 1.165) is 17.2 Å². The monoisotopic (exact) mass is 574 g/mol. The van der Waals surface area contributed by atoms with Crippen molar-refractivity contribution in [3.05, 3.63) is 89.2 Å². The Kier molecular flexibility index (Phi) is 11.7. The van der Waals surface area contributed by atoms with E-state index in [-0.39, 0.29) is 46.9 Å². The van der Waals surface area contributed by atoms with Crippen LogP contribution in [0.25, 0.3) is 12.2 Å². The Bertz CT molecular complexity index is 1350. The molecule has 0 spiro atoms. The van der Waals surface area contributed by atoms with Gasteiger partial charge in [-0.15, -0.1) is 0 Å².